The van der Waals surface area contributed by atoms with E-state index < -0.39 is 11.6 Å². The summed E-state index contributed by atoms with van der Waals surface area (Å²) in [5.74, 6) is -1.10. The fourth-order valence-electron chi connectivity index (χ4n) is 1.81. The molecule has 0 amide bonds. The molecular formula is C15H10F2N4. The van der Waals surface area contributed by atoms with Crippen LogP contribution in [0.3, 0.4) is 0 Å². The molecule has 6 heteroatoms. The zero-order valence-electron chi connectivity index (χ0n) is 10.8. The van der Waals surface area contributed by atoms with Gasteiger partial charge in [-0.3, -0.25) is 4.98 Å². The highest BCUT2D eigenvalue weighted by Crippen LogP contribution is 2.21. The van der Waals surface area contributed by atoms with Crippen molar-refractivity contribution in [3.8, 4) is 11.3 Å². The van der Waals surface area contributed by atoms with Gasteiger partial charge in [-0.25, -0.2) is 18.7 Å². The molecule has 0 bridgehead atoms. The maximum Gasteiger partial charge on any atom is 0.227 e. The van der Waals surface area contributed by atoms with Gasteiger partial charge in [0, 0.05) is 30.2 Å². The number of hydrogen-bond acceptors (Lipinski definition) is 4. The largest absolute Gasteiger partial charge is 0.322 e. The Morgan fingerprint density at radius 1 is 0.905 bits per heavy atom. The van der Waals surface area contributed by atoms with Crippen molar-refractivity contribution in [2.45, 2.75) is 0 Å². The molecule has 4 nitrogen and oxygen atoms in total. The molecule has 0 fully saturated rings. The lowest BCUT2D eigenvalue weighted by atomic mass is 10.2. The lowest BCUT2D eigenvalue weighted by molar-refractivity contribution is 0.586. The van der Waals surface area contributed by atoms with Gasteiger partial charge in [-0.2, -0.15) is 0 Å². The van der Waals surface area contributed by atoms with E-state index >= 15 is 0 Å². The SMILES string of the molecule is Fc1ccc(Nc2nccc(-c3ccncc3)n2)c(F)c1. The van der Waals surface area contributed by atoms with Crippen molar-refractivity contribution in [1.82, 2.24) is 15.0 Å². The van der Waals surface area contributed by atoms with Gasteiger partial charge in [0.25, 0.3) is 0 Å². The van der Waals surface area contributed by atoms with Gasteiger partial charge in [-0.05, 0) is 30.3 Å². The smallest absolute Gasteiger partial charge is 0.227 e. The van der Waals surface area contributed by atoms with Crippen LogP contribution in [-0.2, 0) is 0 Å². The van der Waals surface area contributed by atoms with Crippen LogP contribution in [0.1, 0.15) is 0 Å². The Bertz CT molecular complexity index is 763. The van der Waals surface area contributed by atoms with Crippen LogP contribution < -0.4 is 5.32 Å². The highest BCUT2D eigenvalue weighted by Gasteiger charge is 2.07. The van der Waals surface area contributed by atoms with E-state index in [4.69, 9.17) is 0 Å². The van der Waals surface area contributed by atoms with Gasteiger partial charge in [-0.15, -0.1) is 0 Å². The van der Waals surface area contributed by atoms with Crippen LogP contribution >= 0.6 is 0 Å². The summed E-state index contributed by atoms with van der Waals surface area (Å²) in [5.41, 5.74) is 1.66. The monoisotopic (exact) mass is 284 g/mol. The Kier molecular flexibility index (Phi) is 3.51. The second-order valence-corrected chi connectivity index (χ2v) is 4.25. The molecule has 2 heterocycles. The number of nitrogens with one attached hydrogen (secondary N) is 1. The number of benzene rings is 1. The van der Waals surface area contributed by atoms with Crippen LogP contribution in [0.5, 0.6) is 0 Å². The van der Waals surface area contributed by atoms with Crippen LogP contribution in [0, 0.1) is 11.6 Å². The van der Waals surface area contributed by atoms with E-state index in [1.165, 1.54) is 6.07 Å². The molecule has 1 aromatic carbocycles. The molecule has 0 saturated heterocycles. The molecule has 0 unspecified atom stereocenters. The summed E-state index contributed by atoms with van der Waals surface area (Å²) in [6.45, 7) is 0. The third kappa shape index (κ3) is 3.00. The van der Waals surface area contributed by atoms with Gasteiger partial charge in [0.15, 0.2) is 0 Å². The Morgan fingerprint density at radius 2 is 1.71 bits per heavy atom. The lowest BCUT2D eigenvalue weighted by Gasteiger charge is -2.07. The minimum absolute atomic E-state index is 0.114. The van der Waals surface area contributed by atoms with Crippen molar-refractivity contribution in [2.24, 2.45) is 0 Å². The first kappa shape index (κ1) is 13.1. The van der Waals surface area contributed by atoms with Gasteiger partial charge >= 0.3 is 0 Å². The molecule has 0 saturated carbocycles. The first-order chi connectivity index (χ1) is 10.2. The number of nitrogens with zero attached hydrogens (tertiary/aromatic N) is 3. The molecule has 0 radical (unpaired) electrons. The molecule has 0 aliphatic carbocycles. The van der Waals surface area contributed by atoms with Gasteiger partial charge in [-0.1, -0.05) is 0 Å². The minimum Gasteiger partial charge on any atom is -0.322 e. The normalized spacial score (nSPS) is 10.4. The van der Waals surface area contributed by atoms with Crippen LogP contribution in [0.25, 0.3) is 11.3 Å². The van der Waals surface area contributed by atoms with Crippen molar-refractivity contribution in [1.29, 1.82) is 0 Å². The predicted octanol–water partition coefficient (Wildman–Crippen LogP) is 3.56. The molecule has 0 spiro atoms. The van der Waals surface area contributed by atoms with Crippen molar-refractivity contribution >= 4 is 11.6 Å². The van der Waals surface area contributed by atoms with Crippen molar-refractivity contribution < 1.29 is 8.78 Å². The molecule has 104 valence electrons. The first-order valence-electron chi connectivity index (χ1n) is 6.18. The molecule has 0 aliphatic rings. The molecule has 0 atom stereocenters. The topological polar surface area (TPSA) is 50.7 Å². The number of rotatable bonds is 3. The second kappa shape index (κ2) is 5.62. The number of pyridine rings is 1. The molecule has 3 rings (SSSR count). The summed E-state index contributed by atoms with van der Waals surface area (Å²) in [7, 11) is 0. The highest BCUT2D eigenvalue weighted by molar-refractivity contribution is 5.61. The van der Waals surface area contributed by atoms with E-state index in [2.05, 4.69) is 20.3 Å². The fraction of sp³-hybridized carbons (Fsp3) is 0. The van der Waals surface area contributed by atoms with Crippen LogP contribution in [0.4, 0.5) is 20.4 Å². The minimum atomic E-state index is -0.701. The number of anilines is 2. The van der Waals surface area contributed by atoms with Gasteiger partial charge < -0.3 is 5.32 Å². The standard InChI is InChI=1S/C15H10F2N4/c16-11-1-2-14(12(17)9-11)21-15-19-8-5-13(20-15)10-3-6-18-7-4-10/h1-9H,(H,19,20,21). The number of halogens is 2. The zero-order chi connectivity index (χ0) is 14.7. The Morgan fingerprint density at radius 3 is 2.48 bits per heavy atom. The third-order valence-corrected chi connectivity index (χ3v) is 2.81. The van der Waals surface area contributed by atoms with Crippen LogP contribution in [0.2, 0.25) is 0 Å². The number of hydrogen-bond donors (Lipinski definition) is 1. The summed E-state index contributed by atoms with van der Waals surface area (Å²) in [4.78, 5) is 12.3. The molecule has 2 aromatic heterocycles. The maximum absolute atomic E-state index is 13.6. The molecule has 1 N–H and O–H groups in total. The molecule has 21 heavy (non-hydrogen) atoms. The van der Waals surface area contributed by atoms with Gasteiger partial charge in [0.2, 0.25) is 5.95 Å². The lowest BCUT2D eigenvalue weighted by Crippen LogP contribution is -2.00. The van der Waals surface area contributed by atoms with Crippen molar-refractivity contribution in [2.75, 3.05) is 5.32 Å². The maximum atomic E-state index is 13.6. The predicted molar refractivity (Wildman–Crippen MR) is 74.9 cm³/mol. The van der Waals surface area contributed by atoms with Crippen molar-refractivity contribution in [3.63, 3.8) is 0 Å². The van der Waals surface area contributed by atoms with Crippen molar-refractivity contribution in [3.05, 3.63) is 66.6 Å². The summed E-state index contributed by atoms with van der Waals surface area (Å²) in [5, 5.41) is 2.73. The Hall–Kier alpha value is -2.89. The first-order valence-corrected chi connectivity index (χ1v) is 6.18. The average molecular weight is 284 g/mol. The van der Waals surface area contributed by atoms with E-state index in [-0.39, 0.29) is 11.6 Å². The molecule has 0 aliphatic heterocycles. The van der Waals surface area contributed by atoms with E-state index in [0.29, 0.717) is 5.69 Å². The summed E-state index contributed by atoms with van der Waals surface area (Å²) in [6, 6.07) is 8.62. The van der Waals surface area contributed by atoms with Gasteiger partial charge in [0.1, 0.15) is 11.6 Å². The average Bonchev–Trinajstić information content (AvgIpc) is 2.51. The fourth-order valence-corrected chi connectivity index (χ4v) is 1.81. The third-order valence-electron chi connectivity index (χ3n) is 2.81. The quantitative estimate of drug-likeness (QED) is 0.799. The van der Waals surface area contributed by atoms with E-state index in [1.807, 2.05) is 12.1 Å². The summed E-state index contributed by atoms with van der Waals surface area (Å²) < 4.78 is 26.5. The molecular weight excluding hydrogens is 274 g/mol. The van der Waals surface area contributed by atoms with E-state index in [1.54, 1.807) is 24.7 Å². The van der Waals surface area contributed by atoms with Gasteiger partial charge in [0.05, 0.1) is 11.4 Å². The molecule has 3 aromatic rings. The summed E-state index contributed by atoms with van der Waals surface area (Å²) in [6.07, 6.45) is 4.88. The van der Waals surface area contributed by atoms with Crippen LogP contribution in [0.15, 0.2) is 55.0 Å². The second-order valence-electron chi connectivity index (χ2n) is 4.25. The summed E-state index contributed by atoms with van der Waals surface area (Å²) >= 11 is 0. The van der Waals surface area contributed by atoms with Crippen LogP contribution in [-0.4, -0.2) is 15.0 Å². The van der Waals surface area contributed by atoms with E-state index in [9.17, 15) is 8.78 Å². The van der Waals surface area contributed by atoms with E-state index in [0.717, 1.165) is 17.7 Å². The number of aromatic nitrogens is 3. The zero-order valence-corrected chi connectivity index (χ0v) is 10.8. The highest BCUT2D eigenvalue weighted by atomic mass is 19.1. The Labute approximate surface area is 119 Å². The Balaban J connectivity index is 1.90.